The third-order valence-electron chi connectivity index (χ3n) is 2.74. The molecule has 0 amide bonds. The number of nitrogens with zero attached hydrogens (tertiary/aromatic N) is 1. The maximum absolute atomic E-state index is 10.9. The van der Waals surface area contributed by atoms with Gasteiger partial charge in [-0.15, -0.1) is 0 Å². The Bertz CT molecular complexity index is 493. The standard InChI is InChI=1S/C12H15BrN2O4/c1-12(2)18-7-9(19-12)6-14-10-5-8(13)3-4-11(10)15(16)17/h3-5,9,14H,6-7H2,1-2H3. The lowest BCUT2D eigenvalue weighted by Crippen LogP contribution is -2.26. The summed E-state index contributed by atoms with van der Waals surface area (Å²) in [4.78, 5) is 10.5. The molecule has 1 aromatic carbocycles. The van der Waals surface area contributed by atoms with Crippen molar-refractivity contribution in [2.45, 2.75) is 25.7 Å². The van der Waals surface area contributed by atoms with Gasteiger partial charge in [-0.1, -0.05) is 15.9 Å². The molecule has 1 aromatic rings. The summed E-state index contributed by atoms with van der Waals surface area (Å²) in [5.41, 5.74) is 0.508. The van der Waals surface area contributed by atoms with Crippen LogP contribution in [-0.2, 0) is 9.47 Å². The van der Waals surface area contributed by atoms with E-state index < -0.39 is 10.7 Å². The molecular formula is C12H15BrN2O4. The van der Waals surface area contributed by atoms with Crippen molar-refractivity contribution in [1.29, 1.82) is 0 Å². The summed E-state index contributed by atoms with van der Waals surface area (Å²) in [5, 5.41) is 14.0. The molecule has 1 N–H and O–H groups in total. The van der Waals surface area contributed by atoms with E-state index >= 15 is 0 Å². The first kappa shape index (κ1) is 14.2. The molecule has 0 aliphatic carbocycles. The molecule has 1 atom stereocenters. The van der Waals surface area contributed by atoms with Crippen LogP contribution in [0.25, 0.3) is 0 Å². The molecule has 1 fully saturated rings. The van der Waals surface area contributed by atoms with Gasteiger partial charge in [0.25, 0.3) is 5.69 Å². The van der Waals surface area contributed by atoms with Crippen LogP contribution in [0.4, 0.5) is 11.4 Å². The maximum Gasteiger partial charge on any atom is 0.292 e. The summed E-state index contributed by atoms with van der Waals surface area (Å²) in [6.07, 6.45) is -0.117. The maximum atomic E-state index is 10.9. The summed E-state index contributed by atoms with van der Waals surface area (Å²) < 4.78 is 11.9. The number of halogens is 1. The average Bonchev–Trinajstić information content (AvgIpc) is 2.66. The van der Waals surface area contributed by atoms with Gasteiger partial charge in [-0.05, 0) is 26.0 Å². The fraction of sp³-hybridized carbons (Fsp3) is 0.500. The van der Waals surface area contributed by atoms with E-state index in [-0.39, 0.29) is 11.8 Å². The van der Waals surface area contributed by atoms with Crippen molar-refractivity contribution in [3.63, 3.8) is 0 Å². The van der Waals surface area contributed by atoms with Gasteiger partial charge in [0.2, 0.25) is 0 Å². The number of rotatable bonds is 4. The van der Waals surface area contributed by atoms with E-state index in [0.29, 0.717) is 18.8 Å². The number of nitro groups is 1. The summed E-state index contributed by atoms with van der Waals surface area (Å²) in [6, 6.07) is 4.78. The molecule has 6 nitrogen and oxygen atoms in total. The highest BCUT2D eigenvalue weighted by Gasteiger charge is 2.32. The Morgan fingerprint density at radius 1 is 1.58 bits per heavy atom. The van der Waals surface area contributed by atoms with E-state index in [9.17, 15) is 10.1 Å². The fourth-order valence-electron chi connectivity index (χ4n) is 1.90. The van der Waals surface area contributed by atoms with E-state index in [2.05, 4.69) is 21.2 Å². The van der Waals surface area contributed by atoms with E-state index in [1.54, 1.807) is 12.1 Å². The summed E-state index contributed by atoms with van der Waals surface area (Å²) in [5.74, 6) is -0.588. The predicted molar refractivity (Wildman–Crippen MR) is 74.2 cm³/mol. The summed E-state index contributed by atoms with van der Waals surface area (Å²) in [7, 11) is 0. The molecule has 19 heavy (non-hydrogen) atoms. The number of nitro benzene ring substituents is 1. The number of hydrogen-bond donors (Lipinski definition) is 1. The number of ether oxygens (including phenoxy) is 2. The molecule has 1 heterocycles. The predicted octanol–water partition coefficient (Wildman–Crippen LogP) is 2.92. The van der Waals surface area contributed by atoms with Crippen molar-refractivity contribution < 1.29 is 14.4 Å². The Morgan fingerprint density at radius 2 is 2.32 bits per heavy atom. The highest BCUT2D eigenvalue weighted by molar-refractivity contribution is 9.10. The lowest BCUT2D eigenvalue weighted by Gasteiger charge is -2.17. The second-order valence-electron chi connectivity index (χ2n) is 4.75. The first-order valence-electron chi connectivity index (χ1n) is 5.87. The Morgan fingerprint density at radius 3 is 2.89 bits per heavy atom. The molecule has 0 radical (unpaired) electrons. The quantitative estimate of drug-likeness (QED) is 0.678. The summed E-state index contributed by atoms with van der Waals surface area (Å²) >= 11 is 3.30. The van der Waals surface area contributed by atoms with Gasteiger partial charge in [0.15, 0.2) is 5.79 Å². The number of anilines is 1. The molecule has 0 spiro atoms. The van der Waals surface area contributed by atoms with Crippen molar-refractivity contribution in [1.82, 2.24) is 0 Å². The van der Waals surface area contributed by atoms with E-state index in [1.165, 1.54) is 6.07 Å². The molecular weight excluding hydrogens is 316 g/mol. The molecule has 104 valence electrons. The lowest BCUT2D eigenvalue weighted by molar-refractivity contribution is -0.384. The van der Waals surface area contributed by atoms with Crippen LogP contribution in [0.3, 0.4) is 0 Å². The van der Waals surface area contributed by atoms with Gasteiger partial charge in [0.05, 0.1) is 11.5 Å². The van der Waals surface area contributed by atoms with Gasteiger partial charge in [0.1, 0.15) is 11.8 Å². The Kier molecular flexibility index (Phi) is 4.07. The monoisotopic (exact) mass is 330 g/mol. The lowest BCUT2D eigenvalue weighted by atomic mass is 10.2. The SMILES string of the molecule is CC1(C)OCC(CNc2cc(Br)ccc2[N+](=O)[O-])O1. The minimum Gasteiger partial charge on any atom is -0.377 e. The number of benzene rings is 1. The topological polar surface area (TPSA) is 73.6 Å². The zero-order chi connectivity index (χ0) is 14.0. The third kappa shape index (κ3) is 3.65. The largest absolute Gasteiger partial charge is 0.377 e. The minimum atomic E-state index is -0.588. The fourth-order valence-corrected chi connectivity index (χ4v) is 2.26. The molecule has 0 aromatic heterocycles. The van der Waals surface area contributed by atoms with Crippen LogP contribution >= 0.6 is 15.9 Å². The Balaban J connectivity index is 2.03. The molecule has 2 rings (SSSR count). The first-order valence-corrected chi connectivity index (χ1v) is 6.66. The molecule has 0 bridgehead atoms. The highest BCUT2D eigenvalue weighted by Crippen LogP contribution is 2.29. The first-order chi connectivity index (χ1) is 8.87. The van der Waals surface area contributed by atoms with Gasteiger partial charge in [-0.25, -0.2) is 0 Å². The molecule has 1 aliphatic heterocycles. The molecule has 1 saturated heterocycles. The Labute approximate surface area is 119 Å². The van der Waals surface area contributed by atoms with Crippen LogP contribution in [0.5, 0.6) is 0 Å². The van der Waals surface area contributed by atoms with E-state index in [0.717, 1.165) is 4.47 Å². The van der Waals surface area contributed by atoms with Crippen molar-refractivity contribution in [3.05, 3.63) is 32.8 Å². The second kappa shape index (κ2) is 5.44. The van der Waals surface area contributed by atoms with Crippen LogP contribution in [-0.4, -0.2) is 30.0 Å². The molecule has 1 aliphatic rings. The molecule has 0 saturated carbocycles. The van der Waals surface area contributed by atoms with Gasteiger partial charge in [0, 0.05) is 17.1 Å². The third-order valence-corrected chi connectivity index (χ3v) is 3.24. The molecule has 1 unspecified atom stereocenters. The van der Waals surface area contributed by atoms with E-state index in [4.69, 9.17) is 9.47 Å². The van der Waals surface area contributed by atoms with Crippen LogP contribution in [0.1, 0.15) is 13.8 Å². The van der Waals surface area contributed by atoms with Gasteiger partial charge >= 0.3 is 0 Å². The normalized spacial score (nSPS) is 21.3. The van der Waals surface area contributed by atoms with E-state index in [1.807, 2.05) is 13.8 Å². The zero-order valence-corrected chi connectivity index (χ0v) is 12.3. The Hall–Kier alpha value is -1.18. The minimum absolute atomic E-state index is 0.0429. The molecule has 7 heteroatoms. The van der Waals surface area contributed by atoms with Crippen LogP contribution in [0.15, 0.2) is 22.7 Å². The van der Waals surface area contributed by atoms with Gasteiger partial charge in [-0.3, -0.25) is 10.1 Å². The van der Waals surface area contributed by atoms with Crippen LogP contribution < -0.4 is 5.32 Å². The van der Waals surface area contributed by atoms with Crippen LogP contribution in [0.2, 0.25) is 0 Å². The van der Waals surface area contributed by atoms with Crippen molar-refractivity contribution in [2.24, 2.45) is 0 Å². The van der Waals surface area contributed by atoms with Crippen molar-refractivity contribution >= 4 is 27.3 Å². The number of hydrogen-bond acceptors (Lipinski definition) is 5. The van der Waals surface area contributed by atoms with Crippen molar-refractivity contribution in [3.8, 4) is 0 Å². The smallest absolute Gasteiger partial charge is 0.292 e. The van der Waals surface area contributed by atoms with Crippen LogP contribution in [0, 0.1) is 10.1 Å². The zero-order valence-electron chi connectivity index (χ0n) is 10.7. The highest BCUT2D eigenvalue weighted by atomic mass is 79.9. The van der Waals surface area contributed by atoms with Crippen molar-refractivity contribution in [2.75, 3.05) is 18.5 Å². The number of nitrogens with one attached hydrogen (secondary N) is 1. The van der Waals surface area contributed by atoms with Gasteiger partial charge < -0.3 is 14.8 Å². The van der Waals surface area contributed by atoms with Gasteiger partial charge in [-0.2, -0.15) is 0 Å². The summed E-state index contributed by atoms with van der Waals surface area (Å²) in [6.45, 7) is 4.62. The second-order valence-corrected chi connectivity index (χ2v) is 5.67. The average molecular weight is 331 g/mol.